The van der Waals surface area contributed by atoms with Gasteiger partial charge in [-0.2, -0.15) is 65.9 Å². The molecule has 0 saturated heterocycles. The molecule has 17 heteroatoms. The standard InChI is InChI=1S/C17H11F15O2/c1-7(33)8-3-2-4-9(5-8)10(34)6-11(18,19)12(20,21)13(22,23)14(24,25)15(26,27)16(28,29)17(30,31)32/h2-5,10,34H,6H2,1H3. The molecule has 0 bridgehead atoms. The molecule has 2 nitrogen and oxygen atoms in total. The molecule has 0 heterocycles. The summed E-state index contributed by atoms with van der Waals surface area (Å²) in [6, 6.07) is 3.17. The number of hydrogen-bond donors (Lipinski definition) is 1. The van der Waals surface area contributed by atoms with Crippen LogP contribution in [0.5, 0.6) is 0 Å². The van der Waals surface area contributed by atoms with E-state index in [1.165, 1.54) is 0 Å². The lowest BCUT2D eigenvalue weighted by Crippen LogP contribution is -2.72. The first-order chi connectivity index (χ1) is 14.8. The molecule has 0 radical (unpaired) electrons. The summed E-state index contributed by atoms with van der Waals surface area (Å²) in [7, 11) is 0. The number of halogens is 15. The van der Waals surface area contributed by atoms with Crippen LogP contribution in [0.1, 0.15) is 35.4 Å². The number of benzene rings is 1. The summed E-state index contributed by atoms with van der Waals surface area (Å²) in [5.74, 6) is -48.0. The molecule has 1 aromatic carbocycles. The molecule has 1 rings (SSSR count). The summed E-state index contributed by atoms with van der Waals surface area (Å²) in [5, 5.41) is 9.62. The van der Waals surface area contributed by atoms with Crippen LogP contribution in [0, 0.1) is 0 Å². The molecule has 0 fully saturated rings. The van der Waals surface area contributed by atoms with Crippen molar-refractivity contribution in [2.24, 2.45) is 0 Å². The highest BCUT2D eigenvalue weighted by molar-refractivity contribution is 5.94. The summed E-state index contributed by atoms with van der Waals surface area (Å²) in [5.41, 5.74) is -1.18. The average molecular weight is 532 g/mol. The predicted octanol–water partition coefficient (Wildman–Crippen LogP) is 6.69. The molecule has 0 saturated carbocycles. The van der Waals surface area contributed by atoms with Crippen molar-refractivity contribution >= 4 is 5.78 Å². The van der Waals surface area contributed by atoms with E-state index in [4.69, 9.17) is 0 Å². The minimum absolute atomic E-state index is 0.336. The Labute approximate surface area is 179 Å². The Morgan fingerprint density at radius 1 is 0.735 bits per heavy atom. The van der Waals surface area contributed by atoms with Crippen LogP contribution in [0.15, 0.2) is 24.3 Å². The monoisotopic (exact) mass is 532 g/mol. The van der Waals surface area contributed by atoms with Gasteiger partial charge in [-0.15, -0.1) is 0 Å². The highest BCUT2D eigenvalue weighted by Gasteiger charge is 2.93. The van der Waals surface area contributed by atoms with E-state index in [2.05, 4.69) is 0 Å². The number of Topliss-reactive ketones (excluding diaryl/α,β-unsaturated/α-hetero) is 1. The lowest BCUT2D eigenvalue weighted by Gasteiger charge is -2.41. The maximum Gasteiger partial charge on any atom is 0.460 e. The van der Waals surface area contributed by atoms with Crippen LogP contribution in [0.25, 0.3) is 0 Å². The van der Waals surface area contributed by atoms with E-state index in [1.807, 2.05) is 0 Å². The van der Waals surface area contributed by atoms with E-state index >= 15 is 0 Å². The number of aliphatic hydroxyl groups is 1. The Kier molecular flexibility index (Phi) is 7.44. The van der Waals surface area contributed by atoms with Gasteiger partial charge in [0.15, 0.2) is 5.78 Å². The minimum Gasteiger partial charge on any atom is -0.388 e. The smallest absolute Gasteiger partial charge is 0.388 e. The second kappa shape index (κ2) is 8.48. The van der Waals surface area contributed by atoms with Gasteiger partial charge in [0.1, 0.15) is 0 Å². The van der Waals surface area contributed by atoms with Gasteiger partial charge in [-0.05, 0) is 18.6 Å². The fourth-order valence-corrected chi connectivity index (χ4v) is 2.45. The molecule has 1 aromatic rings. The van der Waals surface area contributed by atoms with Crippen molar-refractivity contribution in [1.82, 2.24) is 0 Å². The van der Waals surface area contributed by atoms with Crippen molar-refractivity contribution in [2.45, 2.75) is 61.2 Å². The lowest BCUT2D eigenvalue weighted by atomic mass is 9.88. The van der Waals surface area contributed by atoms with E-state index in [0.717, 1.165) is 19.1 Å². The van der Waals surface area contributed by atoms with Gasteiger partial charge in [-0.25, -0.2) is 0 Å². The molecule has 1 unspecified atom stereocenters. The molecule has 0 amide bonds. The second-order valence-corrected chi connectivity index (χ2v) is 6.98. The number of alkyl halides is 15. The van der Waals surface area contributed by atoms with Crippen molar-refractivity contribution < 1.29 is 75.8 Å². The van der Waals surface area contributed by atoms with E-state index in [9.17, 15) is 75.8 Å². The third-order valence-corrected chi connectivity index (χ3v) is 4.52. The second-order valence-electron chi connectivity index (χ2n) is 6.98. The fourth-order valence-electron chi connectivity index (χ4n) is 2.45. The molecule has 0 aliphatic rings. The zero-order valence-electron chi connectivity index (χ0n) is 16.1. The first-order valence-corrected chi connectivity index (χ1v) is 8.42. The normalized spacial score (nSPS) is 15.9. The molecule has 0 aliphatic carbocycles. The quantitative estimate of drug-likeness (QED) is 0.285. The number of hydrogen-bond acceptors (Lipinski definition) is 2. The Bertz CT molecular complexity index is 904. The van der Waals surface area contributed by atoms with Crippen LogP contribution < -0.4 is 0 Å². The number of aliphatic hydroxyl groups excluding tert-OH is 1. The van der Waals surface area contributed by atoms with E-state index in [-0.39, 0.29) is 5.56 Å². The first-order valence-electron chi connectivity index (χ1n) is 8.42. The highest BCUT2D eigenvalue weighted by atomic mass is 19.4. The predicted molar refractivity (Wildman–Crippen MR) is 81.8 cm³/mol. The minimum atomic E-state index is -8.38. The highest BCUT2D eigenvalue weighted by Crippen LogP contribution is 2.63. The molecule has 0 aromatic heterocycles. The number of ketones is 1. The number of rotatable bonds is 9. The summed E-state index contributed by atoms with van der Waals surface area (Å²) < 4.78 is 197. The Morgan fingerprint density at radius 3 is 1.56 bits per heavy atom. The van der Waals surface area contributed by atoms with Crippen LogP contribution in [0.3, 0.4) is 0 Å². The number of carbonyl (C=O) groups is 1. The van der Waals surface area contributed by atoms with Crippen molar-refractivity contribution in [1.29, 1.82) is 0 Å². The Balaban J connectivity index is 3.46. The summed E-state index contributed by atoms with van der Waals surface area (Å²) >= 11 is 0. The van der Waals surface area contributed by atoms with Gasteiger partial charge in [0.25, 0.3) is 0 Å². The van der Waals surface area contributed by atoms with Gasteiger partial charge in [0, 0.05) is 12.0 Å². The van der Waals surface area contributed by atoms with Crippen molar-refractivity contribution in [2.75, 3.05) is 0 Å². The molecular formula is C17H11F15O2. The van der Waals surface area contributed by atoms with Crippen LogP contribution in [0.4, 0.5) is 65.9 Å². The largest absolute Gasteiger partial charge is 0.460 e. The maximum atomic E-state index is 13.9. The molecule has 1 atom stereocenters. The molecule has 196 valence electrons. The van der Waals surface area contributed by atoms with Crippen molar-refractivity contribution in [3.05, 3.63) is 35.4 Å². The summed E-state index contributed by atoms with van der Waals surface area (Å²) in [4.78, 5) is 11.2. The van der Waals surface area contributed by atoms with Crippen LogP contribution in [-0.2, 0) is 0 Å². The topological polar surface area (TPSA) is 37.3 Å². The molecule has 0 aliphatic heterocycles. The number of carbonyl (C=O) groups excluding carboxylic acids is 1. The summed E-state index contributed by atoms with van der Waals surface area (Å²) in [6.07, 6.45) is -13.5. The van der Waals surface area contributed by atoms with Gasteiger partial charge in [0.2, 0.25) is 0 Å². The van der Waals surface area contributed by atoms with E-state index in [0.29, 0.717) is 12.1 Å². The lowest BCUT2D eigenvalue weighted by molar-refractivity contribution is -0.453. The van der Waals surface area contributed by atoms with Crippen LogP contribution >= 0.6 is 0 Å². The van der Waals surface area contributed by atoms with Crippen LogP contribution in [0.2, 0.25) is 0 Å². The van der Waals surface area contributed by atoms with Gasteiger partial charge >= 0.3 is 41.7 Å². The Hall–Kier alpha value is -2.20. The third kappa shape index (κ3) is 4.42. The van der Waals surface area contributed by atoms with E-state index < -0.39 is 65.6 Å². The summed E-state index contributed by atoms with van der Waals surface area (Å²) in [6.45, 7) is 0.911. The fraction of sp³-hybridized carbons (Fsp3) is 0.588. The molecule has 1 N–H and O–H groups in total. The zero-order chi connectivity index (χ0) is 27.3. The molecule has 0 spiro atoms. The third-order valence-electron chi connectivity index (χ3n) is 4.52. The van der Waals surface area contributed by atoms with Gasteiger partial charge in [-0.3, -0.25) is 4.79 Å². The first kappa shape index (κ1) is 29.8. The molecule has 34 heavy (non-hydrogen) atoms. The van der Waals surface area contributed by atoms with Gasteiger partial charge in [-0.1, -0.05) is 18.2 Å². The average Bonchev–Trinajstić information content (AvgIpc) is 2.65. The van der Waals surface area contributed by atoms with Gasteiger partial charge < -0.3 is 5.11 Å². The molecular weight excluding hydrogens is 521 g/mol. The van der Waals surface area contributed by atoms with Gasteiger partial charge in [0.05, 0.1) is 6.10 Å². The Morgan fingerprint density at radius 2 is 1.15 bits per heavy atom. The van der Waals surface area contributed by atoms with Crippen molar-refractivity contribution in [3.63, 3.8) is 0 Å². The van der Waals surface area contributed by atoms with Crippen molar-refractivity contribution in [3.8, 4) is 0 Å². The van der Waals surface area contributed by atoms with Crippen LogP contribution in [-0.4, -0.2) is 52.6 Å². The van der Waals surface area contributed by atoms with E-state index in [1.54, 1.807) is 0 Å². The maximum absolute atomic E-state index is 13.9. The SMILES string of the molecule is CC(=O)c1cccc(C(O)CC(F)(F)C(F)(F)C(F)(F)C(F)(F)C(F)(F)C(F)(F)C(F)(F)F)c1. The zero-order valence-corrected chi connectivity index (χ0v) is 16.1.